The van der Waals surface area contributed by atoms with Gasteiger partial charge in [-0.2, -0.15) is 0 Å². The number of hydrogen-bond donors (Lipinski definition) is 3. The zero-order valence-corrected chi connectivity index (χ0v) is 12.0. The Morgan fingerprint density at radius 3 is 2.95 bits per heavy atom. The number of aliphatic hydroxyl groups excluding tert-OH is 1. The summed E-state index contributed by atoms with van der Waals surface area (Å²) in [5.41, 5.74) is 5.60. The number of amides is 1. The number of nitrogens with two attached hydrogens (primary N) is 1. The molecule has 5 nitrogen and oxygen atoms in total. The van der Waals surface area contributed by atoms with Crippen molar-refractivity contribution in [1.82, 2.24) is 5.32 Å². The predicted octanol–water partition coefficient (Wildman–Crippen LogP) is 1.02. The molecule has 0 fully saturated rings. The Morgan fingerprint density at radius 2 is 2.25 bits per heavy atom. The van der Waals surface area contributed by atoms with Gasteiger partial charge in [0.2, 0.25) is 5.91 Å². The molecule has 0 saturated heterocycles. The predicted molar refractivity (Wildman–Crippen MR) is 79.6 cm³/mol. The zero-order valence-electron chi connectivity index (χ0n) is 11.2. The summed E-state index contributed by atoms with van der Waals surface area (Å²) in [5.74, 6) is -0.327. The number of carbonyl (C=O) groups is 1. The number of methoxy groups -OCH3 is 1. The van der Waals surface area contributed by atoms with Gasteiger partial charge in [-0.25, -0.2) is 0 Å². The molecule has 108 valence electrons. The van der Waals surface area contributed by atoms with Gasteiger partial charge in [-0.05, 0) is 17.5 Å². The summed E-state index contributed by atoms with van der Waals surface area (Å²) in [6.07, 6.45) is -0.730. The van der Waals surface area contributed by atoms with Crippen molar-refractivity contribution in [3.05, 3.63) is 35.2 Å². The number of ether oxygens (including phenoxy) is 1. The van der Waals surface area contributed by atoms with Crippen LogP contribution in [0.1, 0.15) is 11.0 Å². The van der Waals surface area contributed by atoms with Crippen LogP contribution in [0.25, 0.3) is 10.1 Å². The first-order chi connectivity index (χ1) is 9.61. The first-order valence-electron chi connectivity index (χ1n) is 6.30. The smallest absolute Gasteiger partial charge is 0.239 e. The number of thiophene rings is 1. The van der Waals surface area contributed by atoms with Gasteiger partial charge in [-0.3, -0.25) is 4.79 Å². The van der Waals surface area contributed by atoms with E-state index in [2.05, 4.69) is 5.32 Å². The maximum Gasteiger partial charge on any atom is 0.239 e. The van der Waals surface area contributed by atoms with Gasteiger partial charge in [-0.15, -0.1) is 11.3 Å². The Morgan fingerprint density at radius 1 is 1.50 bits per heavy atom. The van der Waals surface area contributed by atoms with Gasteiger partial charge in [0.1, 0.15) is 12.1 Å². The van der Waals surface area contributed by atoms with E-state index >= 15 is 0 Å². The molecule has 2 aromatic rings. The van der Waals surface area contributed by atoms with Crippen LogP contribution in [0.3, 0.4) is 0 Å². The molecule has 0 aliphatic carbocycles. The average molecular weight is 294 g/mol. The molecule has 0 bridgehead atoms. The quantitative estimate of drug-likeness (QED) is 0.743. The van der Waals surface area contributed by atoms with Gasteiger partial charge in [0, 0.05) is 23.2 Å². The second-order valence-corrected chi connectivity index (χ2v) is 5.62. The van der Waals surface area contributed by atoms with Gasteiger partial charge in [0.25, 0.3) is 0 Å². The van der Waals surface area contributed by atoms with Crippen molar-refractivity contribution in [2.24, 2.45) is 5.73 Å². The van der Waals surface area contributed by atoms with Crippen LogP contribution < -0.4 is 11.1 Å². The Labute approximate surface area is 121 Å². The Kier molecular flexibility index (Phi) is 5.08. The van der Waals surface area contributed by atoms with Crippen LogP contribution in [0.4, 0.5) is 0 Å². The molecular weight excluding hydrogens is 276 g/mol. The molecule has 2 rings (SSSR count). The van der Waals surface area contributed by atoms with Gasteiger partial charge in [0.05, 0.1) is 6.61 Å². The van der Waals surface area contributed by atoms with Gasteiger partial charge < -0.3 is 20.9 Å². The normalized spacial score (nSPS) is 14.2. The standard InChI is InChI=1S/C14H18N2O3S/c1-19-8-10(15)14(18)16-7-11(17)13-6-9-4-2-3-5-12(9)20-13/h2-6,10-11,17H,7-8,15H2,1H3,(H,16,18). The largest absolute Gasteiger partial charge is 0.386 e. The number of aliphatic hydroxyl groups is 1. The fraction of sp³-hybridized carbons (Fsp3) is 0.357. The molecule has 20 heavy (non-hydrogen) atoms. The summed E-state index contributed by atoms with van der Waals surface area (Å²) >= 11 is 1.52. The topological polar surface area (TPSA) is 84.6 Å². The lowest BCUT2D eigenvalue weighted by Gasteiger charge is -2.13. The summed E-state index contributed by atoms with van der Waals surface area (Å²) in [6, 6.07) is 9.14. The molecule has 0 aliphatic heterocycles. The van der Waals surface area contributed by atoms with Crippen molar-refractivity contribution in [3.8, 4) is 0 Å². The maximum absolute atomic E-state index is 11.6. The molecule has 0 aliphatic rings. The van der Waals surface area contributed by atoms with Crippen molar-refractivity contribution < 1.29 is 14.6 Å². The zero-order chi connectivity index (χ0) is 14.5. The van der Waals surface area contributed by atoms with E-state index in [1.807, 2.05) is 30.3 Å². The van der Waals surface area contributed by atoms with Crippen LogP contribution in [-0.2, 0) is 9.53 Å². The minimum atomic E-state index is -0.730. The summed E-state index contributed by atoms with van der Waals surface area (Å²) in [5, 5.41) is 13.8. The van der Waals surface area contributed by atoms with E-state index in [1.165, 1.54) is 18.4 Å². The minimum absolute atomic E-state index is 0.142. The van der Waals surface area contributed by atoms with Crippen LogP contribution in [-0.4, -0.2) is 37.3 Å². The molecule has 2 atom stereocenters. The van der Waals surface area contributed by atoms with E-state index in [-0.39, 0.29) is 19.1 Å². The second-order valence-electron chi connectivity index (χ2n) is 4.51. The summed E-state index contributed by atoms with van der Waals surface area (Å²) in [4.78, 5) is 12.4. The SMILES string of the molecule is COCC(N)C(=O)NCC(O)c1cc2ccccc2s1. The number of fused-ring (bicyclic) bond motifs is 1. The number of benzene rings is 1. The lowest BCUT2D eigenvalue weighted by atomic mass is 10.2. The van der Waals surface area contributed by atoms with Crippen LogP contribution in [0.2, 0.25) is 0 Å². The minimum Gasteiger partial charge on any atom is -0.386 e. The molecule has 4 N–H and O–H groups in total. The van der Waals surface area contributed by atoms with E-state index in [9.17, 15) is 9.90 Å². The lowest BCUT2D eigenvalue weighted by Crippen LogP contribution is -2.44. The molecule has 0 spiro atoms. The van der Waals surface area contributed by atoms with E-state index in [4.69, 9.17) is 10.5 Å². The first kappa shape index (κ1) is 14.9. The first-order valence-corrected chi connectivity index (χ1v) is 7.12. The summed E-state index contributed by atoms with van der Waals surface area (Å²) in [6.45, 7) is 0.299. The van der Waals surface area contributed by atoms with Crippen molar-refractivity contribution in [1.29, 1.82) is 0 Å². The van der Waals surface area contributed by atoms with E-state index in [1.54, 1.807) is 0 Å². The van der Waals surface area contributed by atoms with Crippen LogP contribution >= 0.6 is 11.3 Å². The maximum atomic E-state index is 11.6. The molecule has 1 amide bonds. The highest BCUT2D eigenvalue weighted by molar-refractivity contribution is 7.19. The molecule has 6 heteroatoms. The molecule has 0 saturated carbocycles. The van der Waals surface area contributed by atoms with Crippen LogP contribution in [0, 0.1) is 0 Å². The monoisotopic (exact) mass is 294 g/mol. The number of rotatable bonds is 6. The fourth-order valence-electron chi connectivity index (χ4n) is 1.85. The van der Waals surface area contributed by atoms with Crippen LogP contribution in [0.5, 0.6) is 0 Å². The van der Waals surface area contributed by atoms with Crippen molar-refractivity contribution >= 4 is 27.3 Å². The fourth-order valence-corrected chi connectivity index (χ4v) is 2.90. The van der Waals surface area contributed by atoms with E-state index in [0.29, 0.717) is 0 Å². The average Bonchev–Trinajstić information content (AvgIpc) is 2.88. The highest BCUT2D eigenvalue weighted by Gasteiger charge is 2.16. The third-order valence-corrected chi connectivity index (χ3v) is 4.14. The molecule has 1 heterocycles. The highest BCUT2D eigenvalue weighted by atomic mass is 32.1. The molecule has 0 radical (unpaired) electrons. The third kappa shape index (κ3) is 3.55. The summed E-state index contributed by atoms with van der Waals surface area (Å²) < 4.78 is 5.92. The second kappa shape index (κ2) is 6.81. The van der Waals surface area contributed by atoms with E-state index < -0.39 is 12.1 Å². The molecule has 1 aromatic carbocycles. The Hall–Kier alpha value is -1.47. The van der Waals surface area contributed by atoms with Gasteiger partial charge >= 0.3 is 0 Å². The Bertz CT molecular complexity index is 552. The molecule has 2 unspecified atom stereocenters. The number of nitrogens with one attached hydrogen (secondary N) is 1. The Balaban J connectivity index is 1.94. The lowest BCUT2D eigenvalue weighted by molar-refractivity contribution is -0.123. The highest BCUT2D eigenvalue weighted by Crippen LogP contribution is 2.29. The third-order valence-electron chi connectivity index (χ3n) is 2.93. The molecular formula is C14H18N2O3S. The molecule has 1 aromatic heterocycles. The van der Waals surface area contributed by atoms with Gasteiger partial charge in [-0.1, -0.05) is 18.2 Å². The van der Waals surface area contributed by atoms with Crippen molar-refractivity contribution in [3.63, 3.8) is 0 Å². The number of carbonyl (C=O) groups excluding carboxylic acids is 1. The summed E-state index contributed by atoms with van der Waals surface area (Å²) in [7, 11) is 1.49. The van der Waals surface area contributed by atoms with Crippen LogP contribution in [0.15, 0.2) is 30.3 Å². The van der Waals surface area contributed by atoms with E-state index in [0.717, 1.165) is 15.0 Å². The number of hydrogen-bond acceptors (Lipinski definition) is 5. The van der Waals surface area contributed by atoms with Crippen molar-refractivity contribution in [2.45, 2.75) is 12.1 Å². The van der Waals surface area contributed by atoms with Gasteiger partial charge in [0.15, 0.2) is 0 Å². The van der Waals surface area contributed by atoms with Crippen molar-refractivity contribution in [2.75, 3.05) is 20.3 Å².